The number of benzene rings is 1. The first-order valence-electron chi connectivity index (χ1n) is 7.96. The molecular weight excluding hydrogens is 280 g/mol. The molecule has 0 aromatic heterocycles. The van der Waals surface area contributed by atoms with Crippen molar-refractivity contribution in [1.82, 2.24) is 5.43 Å². The van der Waals surface area contributed by atoms with Crippen molar-refractivity contribution < 1.29 is 0 Å². The number of allylic oxidation sites excluding steroid dienone is 7. The van der Waals surface area contributed by atoms with Crippen LogP contribution in [0.25, 0.3) is 5.57 Å². The summed E-state index contributed by atoms with van der Waals surface area (Å²) in [4.78, 5) is 0. The summed E-state index contributed by atoms with van der Waals surface area (Å²) in [6.45, 7) is 18.3. The lowest BCUT2D eigenvalue weighted by Gasteiger charge is -2.15. The van der Waals surface area contributed by atoms with Crippen molar-refractivity contribution in [3.05, 3.63) is 89.7 Å². The van der Waals surface area contributed by atoms with Crippen molar-refractivity contribution >= 4 is 5.57 Å². The van der Waals surface area contributed by atoms with Gasteiger partial charge in [-0.2, -0.15) is 0 Å². The van der Waals surface area contributed by atoms with Crippen LogP contribution >= 0.6 is 0 Å². The van der Waals surface area contributed by atoms with E-state index in [0.717, 1.165) is 46.4 Å². The summed E-state index contributed by atoms with van der Waals surface area (Å²) in [7, 11) is 0. The number of hydrogen-bond acceptors (Lipinski definition) is 2. The van der Waals surface area contributed by atoms with Crippen LogP contribution in [0.3, 0.4) is 0 Å². The zero-order valence-corrected chi connectivity index (χ0v) is 14.6. The lowest BCUT2D eigenvalue weighted by atomic mass is 9.91. The maximum Gasteiger partial charge on any atom is 0.0306 e. The first-order chi connectivity index (χ1) is 11.0. The molecule has 3 N–H and O–H groups in total. The molecule has 0 saturated heterocycles. The average molecular weight is 308 g/mol. The molecule has 0 radical (unpaired) electrons. The zero-order valence-electron chi connectivity index (χ0n) is 14.6. The van der Waals surface area contributed by atoms with Gasteiger partial charge < -0.3 is 5.43 Å². The SMILES string of the molecule is C=CC(/C(=C\C(=C)C(=C)CC)c1cccc(CC)c1)=C(/C)NN. The van der Waals surface area contributed by atoms with Crippen molar-refractivity contribution in [2.24, 2.45) is 5.84 Å². The molecule has 1 aromatic rings. The quantitative estimate of drug-likeness (QED) is 0.399. The molecule has 0 aliphatic heterocycles. The van der Waals surface area contributed by atoms with Crippen molar-refractivity contribution in [2.45, 2.75) is 33.6 Å². The van der Waals surface area contributed by atoms with Crippen molar-refractivity contribution in [3.8, 4) is 0 Å². The van der Waals surface area contributed by atoms with E-state index in [1.807, 2.05) is 13.0 Å². The number of rotatable bonds is 8. The highest BCUT2D eigenvalue weighted by atomic mass is 15.2. The summed E-state index contributed by atoms with van der Waals surface area (Å²) in [5.41, 5.74) is 9.96. The first kappa shape index (κ1) is 18.7. The van der Waals surface area contributed by atoms with E-state index in [9.17, 15) is 0 Å². The molecule has 0 aliphatic carbocycles. The Morgan fingerprint density at radius 3 is 2.48 bits per heavy atom. The summed E-state index contributed by atoms with van der Waals surface area (Å²) in [5.74, 6) is 5.61. The largest absolute Gasteiger partial charge is 0.328 e. The van der Waals surface area contributed by atoms with Gasteiger partial charge >= 0.3 is 0 Å². The average Bonchev–Trinajstić information content (AvgIpc) is 2.60. The van der Waals surface area contributed by atoms with Crippen LogP contribution in [0.1, 0.15) is 38.3 Å². The summed E-state index contributed by atoms with van der Waals surface area (Å²) in [6.07, 6.45) is 5.75. The highest BCUT2D eigenvalue weighted by molar-refractivity contribution is 5.84. The van der Waals surface area contributed by atoms with E-state index >= 15 is 0 Å². The number of hydrogen-bond donors (Lipinski definition) is 2. The Balaban J connectivity index is 3.54. The fourth-order valence-electron chi connectivity index (χ4n) is 2.32. The molecule has 0 aliphatic rings. The van der Waals surface area contributed by atoms with Crippen LogP contribution in [0.2, 0.25) is 0 Å². The topological polar surface area (TPSA) is 38.0 Å². The van der Waals surface area contributed by atoms with Gasteiger partial charge in [0.2, 0.25) is 0 Å². The molecular formula is C21H28N2. The molecule has 0 heterocycles. The monoisotopic (exact) mass is 308 g/mol. The van der Waals surface area contributed by atoms with Gasteiger partial charge in [0.25, 0.3) is 0 Å². The Morgan fingerprint density at radius 1 is 1.26 bits per heavy atom. The highest BCUT2D eigenvalue weighted by Crippen LogP contribution is 2.29. The van der Waals surface area contributed by atoms with Crippen molar-refractivity contribution in [3.63, 3.8) is 0 Å². The van der Waals surface area contributed by atoms with Gasteiger partial charge in [0.1, 0.15) is 0 Å². The summed E-state index contributed by atoms with van der Waals surface area (Å²) in [6, 6.07) is 8.50. The first-order valence-corrected chi connectivity index (χ1v) is 7.96. The van der Waals surface area contributed by atoms with Gasteiger partial charge in [-0.05, 0) is 53.7 Å². The van der Waals surface area contributed by atoms with Gasteiger partial charge in [0.15, 0.2) is 0 Å². The van der Waals surface area contributed by atoms with Gasteiger partial charge in [-0.25, -0.2) is 0 Å². The lowest BCUT2D eigenvalue weighted by molar-refractivity contribution is 0.879. The van der Waals surface area contributed by atoms with E-state index in [4.69, 9.17) is 5.84 Å². The van der Waals surface area contributed by atoms with Crippen LogP contribution in [0, 0.1) is 0 Å². The Kier molecular flexibility index (Phi) is 7.30. The Bertz CT molecular complexity index is 660. The van der Waals surface area contributed by atoms with E-state index in [1.54, 1.807) is 0 Å². The van der Waals surface area contributed by atoms with Gasteiger partial charge in [0.05, 0.1) is 0 Å². The van der Waals surface area contributed by atoms with Gasteiger partial charge in [-0.3, -0.25) is 5.84 Å². The van der Waals surface area contributed by atoms with Crippen LogP contribution in [0.4, 0.5) is 0 Å². The Morgan fingerprint density at radius 2 is 1.96 bits per heavy atom. The molecule has 0 amide bonds. The van der Waals surface area contributed by atoms with Crippen molar-refractivity contribution in [1.29, 1.82) is 0 Å². The molecule has 2 nitrogen and oxygen atoms in total. The molecule has 2 heteroatoms. The maximum atomic E-state index is 5.61. The van der Waals surface area contributed by atoms with E-state index in [2.05, 4.69) is 69.4 Å². The van der Waals surface area contributed by atoms with Gasteiger partial charge in [-0.15, -0.1) is 0 Å². The molecule has 0 atom stereocenters. The second kappa shape index (κ2) is 8.96. The van der Waals surface area contributed by atoms with Gasteiger partial charge in [0, 0.05) is 11.3 Å². The third kappa shape index (κ3) is 4.83. The Labute approximate surface area is 140 Å². The third-order valence-electron chi connectivity index (χ3n) is 3.96. The minimum Gasteiger partial charge on any atom is -0.328 e. The van der Waals surface area contributed by atoms with E-state index < -0.39 is 0 Å². The normalized spacial score (nSPS) is 12.4. The number of hydrazine groups is 1. The minimum absolute atomic E-state index is 0.864. The smallest absolute Gasteiger partial charge is 0.0306 e. The predicted octanol–water partition coefficient (Wildman–Crippen LogP) is 5.08. The molecule has 122 valence electrons. The van der Waals surface area contributed by atoms with E-state index in [0.29, 0.717) is 0 Å². The number of nitrogens with two attached hydrogens (primary N) is 1. The third-order valence-corrected chi connectivity index (χ3v) is 3.96. The molecule has 1 aromatic carbocycles. The van der Waals surface area contributed by atoms with Crippen LogP contribution < -0.4 is 11.3 Å². The van der Waals surface area contributed by atoms with Gasteiger partial charge in [-0.1, -0.05) is 63.9 Å². The van der Waals surface area contributed by atoms with E-state index in [1.165, 1.54) is 5.56 Å². The summed E-state index contributed by atoms with van der Waals surface area (Å²) in [5, 5.41) is 0. The highest BCUT2D eigenvalue weighted by Gasteiger charge is 2.10. The summed E-state index contributed by atoms with van der Waals surface area (Å²) >= 11 is 0. The molecule has 1 rings (SSSR count). The second-order valence-electron chi connectivity index (χ2n) is 5.48. The maximum absolute atomic E-state index is 5.61. The van der Waals surface area contributed by atoms with Crippen LogP contribution in [-0.4, -0.2) is 0 Å². The molecule has 23 heavy (non-hydrogen) atoms. The standard InChI is InChI=1S/C21H28N2/c1-7-15(4)16(5)13-21(20(9-3)17(6)23-22)19-12-10-11-18(8-2)14-19/h9-14,23H,3-5,7-8,22H2,1-2,6H3/b20-17+,21-13-. The fourth-order valence-corrected chi connectivity index (χ4v) is 2.32. The predicted molar refractivity (Wildman–Crippen MR) is 103 cm³/mol. The molecule has 0 bridgehead atoms. The minimum atomic E-state index is 0.864. The van der Waals surface area contributed by atoms with Crippen LogP contribution in [-0.2, 0) is 6.42 Å². The second-order valence-corrected chi connectivity index (χ2v) is 5.48. The Hall–Kier alpha value is -2.32. The number of nitrogens with one attached hydrogen (secondary N) is 1. The molecule has 0 unspecified atom stereocenters. The van der Waals surface area contributed by atoms with Crippen LogP contribution in [0.15, 0.2) is 78.6 Å². The molecule has 0 spiro atoms. The lowest BCUT2D eigenvalue weighted by Crippen LogP contribution is -2.20. The molecule has 0 fully saturated rings. The van der Waals surface area contributed by atoms with Crippen molar-refractivity contribution in [2.75, 3.05) is 0 Å². The zero-order chi connectivity index (χ0) is 17.4. The molecule has 0 saturated carbocycles. The fraction of sp³-hybridized carbons (Fsp3) is 0.238. The summed E-state index contributed by atoms with van der Waals surface area (Å²) < 4.78 is 0. The van der Waals surface area contributed by atoms with E-state index in [-0.39, 0.29) is 0 Å². The van der Waals surface area contributed by atoms with Crippen LogP contribution in [0.5, 0.6) is 0 Å². The number of aryl methyl sites for hydroxylation is 1.